The summed E-state index contributed by atoms with van der Waals surface area (Å²) in [5.41, 5.74) is -2.20. The fraction of sp³-hybridized carbons (Fsp3) is 0.444. The summed E-state index contributed by atoms with van der Waals surface area (Å²) in [6.07, 6.45) is -2.51. The molecule has 3 atom stereocenters. The average Bonchev–Trinajstić information content (AvgIpc) is 3.28. The maximum absolute atomic E-state index is 13.4. The summed E-state index contributed by atoms with van der Waals surface area (Å²) in [5, 5.41) is 13.3. The Kier molecular flexibility index (Phi) is 5.22. The number of carbonyl (C=O) groups excluding carboxylic acids is 1. The monoisotopic (exact) mass is 401 g/mol. The Morgan fingerprint density at radius 3 is 2.78 bits per heavy atom. The summed E-state index contributed by atoms with van der Waals surface area (Å²) >= 11 is 5.94. The number of hydrogen-bond donors (Lipinski definition) is 2. The molecule has 0 radical (unpaired) electrons. The lowest BCUT2D eigenvalue weighted by Crippen LogP contribution is -2.46. The number of hydrogen-bond acceptors (Lipinski definition) is 3. The maximum Gasteiger partial charge on any atom is 0.424 e. The lowest BCUT2D eigenvalue weighted by molar-refractivity contribution is -0.272. The molecule has 2 aromatic rings. The largest absolute Gasteiger partial charge is 0.424 e. The fourth-order valence-corrected chi connectivity index (χ4v) is 3.43. The lowest BCUT2D eigenvalue weighted by atomic mass is 9.97. The Morgan fingerprint density at radius 2 is 2.19 bits per heavy atom. The summed E-state index contributed by atoms with van der Waals surface area (Å²) < 4.78 is 41.4. The van der Waals surface area contributed by atoms with Crippen molar-refractivity contribution in [1.82, 2.24) is 14.9 Å². The van der Waals surface area contributed by atoms with Crippen LogP contribution < -0.4 is 5.32 Å². The molecule has 3 rings (SSSR count). The summed E-state index contributed by atoms with van der Waals surface area (Å²) in [4.78, 5) is 15.9. The summed E-state index contributed by atoms with van der Waals surface area (Å²) in [5.74, 6) is -1.12. The van der Waals surface area contributed by atoms with E-state index in [1.165, 1.54) is 19.4 Å². The highest BCUT2D eigenvalue weighted by Crippen LogP contribution is 2.48. The molecule has 1 fully saturated rings. The highest BCUT2D eigenvalue weighted by atomic mass is 35.5. The van der Waals surface area contributed by atoms with E-state index >= 15 is 0 Å². The first-order valence-corrected chi connectivity index (χ1v) is 8.81. The Morgan fingerprint density at radius 1 is 1.44 bits per heavy atom. The third-order valence-corrected chi connectivity index (χ3v) is 5.09. The number of nitrogens with one attached hydrogen (secondary N) is 1. The van der Waals surface area contributed by atoms with E-state index in [-0.39, 0.29) is 24.3 Å². The van der Waals surface area contributed by atoms with E-state index in [1.807, 2.05) is 6.07 Å². The predicted molar refractivity (Wildman–Crippen MR) is 93.1 cm³/mol. The number of aryl methyl sites for hydroxylation is 1. The highest BCUT2D eigenvalue weighted by Gasteiger charge is 2.57. The van der Waals surface area contributed by atoms with Crippen molar-refractivity contribution < 1.29 is 23.1 Å². The van der Waals surface area contributed by atoms with E-state index in [4.69, 9.17) is 11.6 Å². The molecule has 0 saturated heterocycles. The van der Waals surface area contributed by atoms with Gasteiger partial charge in [0.1, 0.15) is 5.82 Å². The average molecular weight is 402 g/mol. The van der Waals surface area contributed by atoms with Crippen molar-refractivity contribution in [3.05, 3.63) is 53.1 Å². The number of carbonyl (C=O) groups is 1. The SMILES string of the molecule is Cn1ccnc1C(O)(CCNC(=O)C1CC1c1cccc(Cl)c1)C(F)(F)F. The minimum absolute atomic E-state index is 0.0136. The van der Waals surface area contributed by atoms with Crippen LogP contribution in [0.2, 0.25) is 5.02 Å². The first-order chi connectivity index (χ1) is 12.6. The zero-order chi connectivity index (χ0) is 19.8. The molecular formula is C18H19ClF3N3O2. The molecule has 1 aromatic carbocycles. The van der Waals surface area contributed by atoms with Gasteiger partial charge < -0.3 is 15.0 Å². The normalized spacial score (nSPS) is 21.6. The molecule has 0 aliphatic heterocycles. The van der Waals surface area contributed by atoms with Gasteiger partial charge in [0.15, 0.2) is 0 Å². The molecule has 0 bridgehead atoms. The number of amides is 1. The Hall–Kier alpha value is -2.06. The zero-order valence-electron chi connectivity index (χ0n) is 14.5. The molecule has 2 N–H and O–H groups in total. The molecule has 1 amide bonds. The van der Waals surface area contributed by atoms with Gasteiger partial charge in [-0.2, -0.15) is 13.2 Å². The van der Waals surface area contributed by atoms with E-state index in [9.17, 15) is 23.1 Å². The Bertz CT molecular complexity index is 839. The van der Waals surface area contributed by atoms with Gasteiger partial charge in [-0.3, -0.25) is 4.79 Å². The molecule has 146 valence electrons. The van der Waals surface area contributed by atoms with E-state index < -0.39 is 24.0 Å². The van der Waals surface area contributed by atoms with Crippen molar-refractivity contribution in [1.29, 1.82) is 0 Å². The highest BCUT2D eigenvalue weighted by molar-refractivity contribution is 6.30. The smallest absolute Gasteiger partial charge is 0.374 e. The van der Waals surface area contributed by atoms with E-state index in [1.54, 1.807) is 18.2 Å². The minimum Gasteiger partial charge on any atom is -0.374 e. The first-order valence-electron chi connectivity index (χ1n) is 8.43. The van der Waals surface area contributed by atoms with Crippen molar-refractivity contribution in [2.45, 2.75) is 30.5 Å². The Balaban J connectivity index is 1.60. The summed E-state index contributed by atoms with van der Waals surface area (Å²) in [6.45, 7) is -0.319. The van der Waals surface area contributed by atoms with Crippen molar-refractivity contribution in [3.8, 4) is 0 Å². The Labute approximate surface area is 159 Å². The van der Waals surface area contributed by atoms with Crippen molar-refractivity contribution in [2.24, 2.45) is 13.0 Å². The topological polar surface area (TPSA) is 67.2 Å². The van der Waals surface area contributed by atoms with Gasteiger partial charge in [-0.05, 0) is 30.0 Å². The number of rotatable bonds is 6. The number of nitrogens with zero attached hydrogens (tertiary/aromatic N) is 2. The molecule has 3 unspecified atom stereocenters. The standard InChI is InChI=1S/C18H19ClF3N3O2/c1-25-8-7-24-16(25)17(27,18(20,21)22)5-6-23-15(26)14-10-13(14)11-3-2-4-12(19)9-11/h2-4,7-9,13-14,27H,5-6,10H2,1H3,(H,23,26). The second kappa shape index (κ2) is 7.16. The van der Waals surface area contributed by atoms with Crippen LogP contribution in [0.1, 0.15) is 30.1 Å². The van der Waals surface area contributed by atoms with E-state index in [2.05, 4.69) is 10.3 Å². The maximum atomic E-state index is 13.4. The van der Waals surface area contributed by atoms with Crippen LogP contribution in [0, 0.1) is 5.92 Å². The molecule has 27 heavy (non-hydrogen) atoms. The molecule has 9 heteroatoms. The number of alkyl halides is 3. The van der Waals surface area contributed by atoms with Gasteiger partial charge >= 0.3 is 6.18 Å². The third kappa shape index (κ3) is 3.96. The van der Waals surface area contributed by atoms with Crippen molar-refractivity contribution in [3.63, 3.8) is 0 Å². The first kappa shape index (κ1) is 19.7. The fourth-order valence-electron chi connectivity index (χ4n) is 3.23. The lowest BCUT2D eigenvalue weighted by Gasteiger charge is -2.30. The van der Waals surface area contributed by atoms with Gasteiger partial charge in [-0.1, -0.05) is 23.7 Å². The van der Waals surface area contributed by atoms with Gasteiger partial charge in [-0.15, -0.1) is 0 Å². The molecule has 1 aromatic heterocycles. The molecular weight excluding hydrogens is 383 g/mol. The van der Waals surface area contributed by atoms with E-state index in [0.717, 1.165) is 10.1 Å². The second-order valence-electron chi connectivity index (χ2n) is 6.76. The number of imidazole rings is 1. The summed E-state index contributed by atoms with van der Waals surface area (Å²) in [6, 6.07) is 7.18. The molecule has 1 saturated carbocycles. The van der Waals surface area contributed by atoms with Crippen LogP contribution in [0.5, 0.6) is 0 Å². The van der Waals surface area contributed by atoms with Gasteiger partial charge in [0.2, 0.25) is 11.5 Å². The molecule has 1 heterocycles. The zero-order valence-corrected chi connectivity index (χ0v) is 15.3. The van der Waals surface area contributed by atoms with Gasteiger partial charge in [-0.25, -0.2) is 4.98 Å². The van der Waals surface area contributed by atoms with Crippen LogP contribution >= 0.6 is 11.6 Å². The van der Waals surface area contributed by atoms with Gasteiger partial charge in [0.25, 0.3) is 0 Å². The number of aromatic nitrogens is 2. The van der Waals surface area contributed by atoms with Crippen LogP contribution in [0.4, 0.5) is 13.2 Å². The van der Waals surface area contributed by atoms with Crippen molar-refractivity contribution in [2.75, 3.05) is 6.54 Å². The van der Waals surface area contributed by atoms with E-state index in [0.29, 0.717) is 11.4 Å². The number of aliphatic hydroxyl groups is 1. The number of halogens is 4. The molecule has 1 aliphatic rings. The molecule has 1 aliphatic carbocycles. The third-order valence-electron chi connectivity index (χ3n) is 4.85. The van der Waals surface area contributed by atoms with Gasteiger partial charge in [0.05, 0.1) is 0 Å². The van der Waals surface area contributed by atoms with Crippen LogP contribution in [-0.4, -0.2) is 33.3 Å². The van der Waals surface area contributed by atoms with Crippen LogP contribution in [0.3, 0.4) is 0 Å². The predicted octanol–water partition coefficient (Wildman–Crippen LogP) is 3.13. The van der Waals surface area contributed by atoms with Crippen LogP contribution in [0.25, 0.3) is 0 Å². The summed E-state index contributed by atoms with van der Waals surface area (Å²) in [7, 11) is 1.37. The second-order valence-corrected chi connectivity index (χ2v) is 7.20. The van der Waals surface area contributed by atoms with Gasteiger partial charge in [0, 0.05) is 43.3 Å². The number of benzene rings is 1. The minimum atomic E-state index is -4.92. The van der Waals surface area contributed by atoms with Crippen LogP contribution in [0.15, 0.2) is 36.7 Å². The van der Waals surface area contributed by atoms with Crippen LogP contribution in [-0.2, 0) is 17.4 Å². The molecule has 0 spiro atoms. The van der Waals surface area contributed by atoms with Crippen molar-refractivity contribution >= 4 is 17.5 Å². The molecule has 5 nitrogen and oxygen atoms in total. The quantitative estimate of drug-likeness (QED) is 0.781.